The molecule has 0 N–H and O–H groups in total. The van der Waals surface area contributed by atoms with Gasteiger partial charge in [0.1, 0.15) is 12.7 Å². The van der Waals surface area contributed by atoms with Crippen LogP contribution < -0.4 is 0 Å². The molecule has 0 spiro atoms. The summed E-state index contributed by atoms with van der Waals surface area (Å²) in [6, 6.07) is 0. The summed E-state index contributed by atoms with van der Waals surface area (Å²) in [6.45, 7) is 2.64. The number of esters is 2. The van der Waals surface area contributed by atoms with E-state index in [1.54, 1.807) is 0 Å². The first-order valence-corrected chi connectivity index (χ1v) is 7.53. The summed E-state index contributed by atoms with van der Waals surface area (Å²) < 4.78 is 14.9. The van der Waals surface area contributed by atoms with Gasteiger partial charge < -0.3 is 14.2 Å². The molecule has 0 amide bonds. The quantitative estimate of drug-likeness (QED) is 0.171. The largest absolute Gasteiger partial charge is 0.462 e. The topological polar surface area (TPSA) is 78.9 Å². The Bertz CT molecular complexity index is 294. The second-order valence-electron chi connectivity index (χ2n) is 3.35. The maximum atomic E-state index is 11.0. The molecule has 0 saturated heterocycles. The number of carbonyl (C=O) groups excluding carboxylic acids is 3. The Labute approximate surface area is 132 Å². The van der Waals surface area contributed by atoms with Crippen molar-refractivity contribution in [2.24, 2.45) is 0 Å². The third kappa shape index (κ3) is 8.89. The SMILES string of the molecule is CC(=O)OC[C@@H](OC=O)[C@H](CC(I)I)OC(C)=O. The van der Waals surface area contributed by atoms with E-state index in [1.165, 1.54) is 13.8 Å². The minimum absolute atomic E-state index is 0.133. The van der Waals surface area contributed by atoms with E-state index in [0.717, 1.165) is 0 Å². The third-order valence-corrected chi connectivity index (χ3v) is 2.84. The Morgan fingerprint density at radius 1 is 1.17 bits per heavy atom. The Morgan fingerprint density at radius 3 is 2.17 bits per heavy atom. The molecule has 0 aromatic carbocycles. The van der Waals surface area contributed by atoms with Crippen molar-refractivity contribution in [3.05, 3.63) is 0 Å². The number of carbonyl (C=O) groups is 3. The van der Waals surface area contributed by atoms with E-state index < -0.39 is 24.1 Å². The Kier molecular flexibility index (Phi) is 9.68. The number of halogens is 2. The van der Waals surface area contributed by atoms with E-state index >= 15 is 0 Å². The molecule has 0 rings (SSSR count). The van der Waals surface area contributed by atoms with E-state index in [4.69, 9.17) is 14.2 Å². The Hall–Kier alpha value is -0.130. The molecule has 104 valence electrons. The van der Waals surface area contributed by atoms with Crippen LogP contribution in [0.5, 0.6) is 0 Å². The molecule has 0 bridgehead atoms. The minimum Gasteiger partial charge on any atom is -0.462 e. The third-order valence-electron chi connectivity index (χ3n) is 1.82. The monoisotopic (exact) mass is 484 g/mol. The summed E-state index contributed by atoms with van der Waals surface area (Å²) in [6.07, 6.45) is -0.936. The summed E-state index contributed by atoms with van der Waals surface area (Å²) in [4.78, 5) is 32.2. The first kappa shape index (κ1) is 17.9. The lowest BCUT2D eigenvalue weighted by Gasteiger charge is -2.25. The summed E-state index contributed by atoms with van der Waals surface area (Å²) in [5, 5.41) is 0. The van der Waals surface area contributed by atoms with Crippen molar-refractivity contribution in [1.29, 1.82) is 0 Å². The zero-order chi connectivity index (χ0) is 14.1. The van der Waals surface area contributed by atoms with Gasteiger partial charge in [0, 0.05) is 20.3 Å². The van der Waals surface area contributed by atoms with Gasteiger partial charge in [0.25, 0.3) is 6.47 Å². The standard InChI is InChI=1S/C10H14I2O6/c1-6(14)16-4-9(17-5-13)8(3-10(11)12)18-7(2)15/h5,8-10H,3-4H2,1-2H3/t8-,9+/m0/s1. The molecular formula is C10H14I2O6. The highest BCUT2D eigenvalue weighted by Crippen LogP contribution is 2.21. The highest BCUT2D eigenvalue weighted by Gasteiger charge is 2.28. The van der Waals surface area contributed by atoms with Gasteiger partial charge >= 0.3 is 11.9 Å². The molecule has 0 aromatic heterocycles. The lowest BCUT2D eigenvalue weighted by molar-refractivity contribution is -0.167. The molecule has 0 aliphatic carbocycles. The van der Waals surface area contributed by atoms with Gasteiger partial charge in [-0.25, -0.2) is 0 Å². The number of hydrogen-bond donors (Lipinski definition) is 0. The molecule has 0 saturated carbocycles. The first-order valence-electron chi connectivity index (χ1n) is 5.04. The van der Waals surface area contributed by atoms with E-state index in [9.17, 15) is 14.4 Å². The number of hydrogen-bond acceptors (Lipinski definition) is 6. The van der Waals surface area contributed by atoms with Crippen molar-refractivity contribution < 1.29 is 28.6 Å². The van der Waals surface area contributed by atoms with Crippen LogP contribution in [0.3, 0.4) is 0 Å². The van der Waals surface area contributed by atoms with Crippen molar-refractivity contribution >= 4 is 63.6 Å². The van der Waals surface area contributed by atoms with Crippen molar-refractivity contribution in [3.63, 3.8) is 0 Å². The number of alkyl halides is 2. The molecule has 0 heterocycles. The molecular weight excluding hydrogens is 470 g/mol. The minimum atomic E-state index is -0.790. The van der Waals surface area contributed by atoms with Crippen LogP contribution in [0.4, 0.5) is 0 Å². The van der Waals surface area contributed by atoms with Gasteiger partial charge in [-0.05, 0) is 0 Å². The summed E-state index contributed by atoms with van der Waals surface area (Å²) in [7, 11) is 0. The van der Waals surface area contributed by atoms with Crippen molar-refractivity contribution in [2.75, 3.05) is 6.61 Å². The van der Waals surface area contributed by atoms with E-state index in [0.29, 0.717) is 6.42 Å². The van der Waals surface area contributed by atoms with Crippen LogP contribution in [0.1, 0.15) is 20.3 Å². The van der Waals surface area contributed by atoms with Crippen LogP contribution in [0.2, 0.25) is 0 Å². The van der Waals surface area contributed by atoms with Crippen LogP contribution >= 0.6 is 45.2 Å². The molecule has 0 aliphatic rings. The molecule has 0 aliphatic heterocycles. The molecule has 0 aromatic rings. The fourth-order valence-electron chi connectivity index (χ4n) is 1.17. The lowest BCUT2D eigenvalue weighted by atomic mass is 10.1. The van der Waals surface area contributed by atoms with Gasteiger partial charge in [0.15, 0.2) is 6.10 Å². The predicted octanol–water partition coefficient (Wildman–Crippen LogP) is 1.61. The molecule has 6 nitrogen and oxygen atoms in total. The van der Waals surface area contributed by atoms with Gasteiger partial charge in [0.05, 0.1) is 1.93 Å². The first-order chi connectivity index (χ1) is 8.36. The maximum Gasteiger partial charge on any atom is 0.303 e. The Morgan fingerprint density at radius 2 is 1.78 bits per heavy atom. The van der Waals surface area contributed by atoms with Gasteiger partial charge in [-0.2, -0.15) is 0 Å². The molecule has 0 radical (unpaired) electrons. The van der Waals surface area contributed by atoms with Gasteiger partial charge in [-0.3, -0.25) is 14.4 Å². The van der Waals surface area contributed by atoms with E-state index in [-0.39, 0.29) is 15.0 Å². The zero-order valence-electron chi connectivity index (χ0n) is 9.93. The van der Waals surface area contributed by atoms with Crippen LogP contribution in [-0.4, -0.2) is 39.2 Å². The second kappa shape index (κ2) is 9.75. The molecule has 8 heteroatoms. The summed E-state index contributed by atoms with van der Waals surface area (Å²) in [5.74, 6) is -0.965. The van der Waals surface area contributed by atoms with Crippen molar-refractivity contribution in [3.8, 4) is 0 Å². The van der Waals surface area contributed by atoms with Crippen molar-refractivity contribution in [1.82, 2.24) is 0 Å². The van der Waals surface area contributed by atoms with Gasteiger partial charge in [-0.1, -0.05) is 45.2 Å². The zero-order valence-corrected chi connectivity index (χ0v) is 14.2. The normalized spacial score (nSPS) is 13.6. The van der Waals surface area contributed by atoms with Crippen LogP contribution in [-0.2, 0) is 28.6 Å². The fraction of sp³-hybridized carbons (Fsp3) is 0.700. The van der Waals surface area contributed by atoms with E-state index in [2.05, 4.69) is 45.2 Å². The van der Waals surface area contributed by atoms with Crippen LogP contribution in [0.15, 0.2) is 0 Å². The molecule has 0 fully saturated rings. The van der Waals surface area contributed by atoms with Gasteiger partial charge in [-0.15, -0.1) is 0 Å². The second-order valence-corrected chi connectivity index (χ2v) is 8.74. The fourth-order valence-corrected chi connectivity index (χ4v) is 2.17. The molecule has 2 atom stereocenters. The maximum absolute atomic E-state index is 11.0. The predicted molar refractivity (Wildman–Crippen MR) is 79.6 cm³/mol. The van der Waals surface area contributed by atoms with E-state index in [1.807, 2.05) is 0 Å². The average molecular weight is 484 g/mol. The number of ether oxygens (including phenoxy) is 3. The molecule has 18 heavy (non-hydrogen) atoms. The lowest BCUT2D eigenvalue weighted by Crippen LogP contribution is -2.38. The highest BCUT2D eigenvalue weighted by atomic mass is 127. The smallest absolute Gasteiger partial charge is 0.303 e. The highest BCUT2D eigenvalue weighted by molar-refractivity contribution is 14.2. The molecule has 0 unspecified atom stereocenters. The average Bonchev–Trinajstić information content (AvgIpc) is 2.21. The summed E-state index contributed by atoms with van der Waals surface area (Å²) in [5.41, 5.74) is 0. The Balaban J connectivity index is 4.65. The number of rotatable bonds is 8. The summed E-state index contributed by atoms with van der Waals surface area (Å²) >= 11 is 4.30. The van der Waals surface area contributed by atoms with Crippen LogP contribution in [0, 0.1) is 0 Å². The van der Waals surface area contributed by atoms with Crippen molar-refractivity contribution in [2.45, 2.75) is 34.4 Å². The van der Waals surface area contributed by atoms with Crippen LogP contribution in [0.25, 0.3) is 0 Å². The van der Waals surface area contributed by atoms with Gasteiger partial charge in [0.2, 0.25) is 0 Å².